The predicted octanol–water partition coefficient (Wildman–Crippen LogP) is 15.7. The molecule has 11 aromatic rings. The maximum absolute atomic E-state index is 6.44. The number of benzene rings is 10. The maximum Gasteiger partial charge on any atom is 0.152 e. The summed E-state index contributed by atoms with van der Waals surface area (Å²) >= 11 is 0. The molecule has 0 saturated carbocycles. The summed E-state index contributed by atoms with van der Waals surface area (Å²) in [5, 5.41) is 7.42. The molecule has 10 aromatic carbocycles. The molecule has 0 saturated heterocycles. The van der Waals surface area contributed by atoms with Crippen LogP contribution in [0.2, 0.25) is 0 Å². The SMILES string of the molecule is c1ccc(-c2ccccc2N(c2ccc(-c3cccc4c3ccc3ccccc34)cc2)c2ccccc2-c2ccc3c(c2)c2cccc4c2n3-c2ccccc2O4)cc1. The van der Waals surface area contributed by atoms with Gasteiger partial charge in [0.25, 0.3) is 0 Å². The monoisotopic (exact) mass is 752 g/mol. The number of hydrogen-bond acceptors (Lipinski definition) is 2. The lowest BCUT2D eigenvalue weighted by Gasteiger charge is -2.30. The topological polar surface area (TPSA) is 17.4 Å². The van der Waals surface area contributed by atoms with Gasteiger partial charge < -0.3 is 14.2 Å². The lowest BCUT2D eigenvalue weighted by molar-refractivity contribution is 0.476. The number of hydrogen-bond donors (Lipinski definition) is 0. The van der Waals surface area contributed by atoms with Crippen LogP contribution in [-0.2, 0) is 0 Å². The van der Waals surface area contributed by atoms with E-state index < -0.39 is 0 Å². The molecule has 3 nitrogen and oxygen atoms in total. The van der Waals surface area contributed by atoms with E-state index in [1.807, 2.05) is 12.1 Å². The zero-order chi connectivity index (χ0) is 38.9. The standard InChI is InChI=1S/C56H36N2O/c1-2-14-37(15-3-1)44-18-6-8-23-50(44)57(41-32-28-39(29-33-41)43-20-12-21-46-42-17-5-4-16-38(42)30-34-47(43)46)51-24-9-7-19-45(51)40-31-35-52-49(36-40)48-22-13-27-55-56(48)58(52)53-25-10-11-26-54(53)59-55/h1-36H. The molecule has 3 heteroatoms. The van der Waals surface area contributed by atoms with Gasteiger partial charge in [0.2, 0.25) is 0 Å². The molecule has 1 aromatic heterocycles. The molecule has 2 heterocycles. The average molecular weight is 753 g/mol. The Morgan fingerprint density at radius 3 is 1.81 bits per heavy atom. The zero-order valence-electron chi connectivity index (χ0n) is 32.1. The minimum absolute atomic E-state index is 0.868. The van der Waals surface area contributed by atoms with E-state index in [-0.39, 0.29) is 0 Å². The molecule has 12 rings (SSSR count). The maximum atomic E-state index is 6.44. The van der Waals surface area contributed by atoms with Crippen LogP contribution >= 0.6 is 0 Å². The molecule has 0 fully saturated rings. The summed E-state index contributed by atoms with van der Waals surface area (Å²) in [4.78, 5) is 2.43. The minimum atomic E-state index is 0.868. The lowest BCUT2D eigenvalue weighted by Crippen LogP contribution is -2.12. The summed E-state index contributed by atoms with van der Waals surface area (Å²) in [6.07, 6.45) is 0. The Morgan fingerprint density at radius 1 is 0.356 bits per heavy atom. The first-order valence-electron chi connectivity index (χ1n) is 20.2. The van der Waals surface area contributed by atoms with Crippen molar-refractivity contribution in [3.05, 3.63) is 218 Å². The van der Waals surface area contributed by atoms with Gasteiger partial charge in [-0.25, -0.2) is 0 Å². The third-order valence-electron chi connectivity index (χ3n) is 12.0. The highest BCUT2D eigenvalue weighted by atomic mass is 16.5. The summed E-state index contributed by atoms with van der Waals surface area (Å²) in [6.45, 7) is 0. The van der Waals surface area contributed by atoms with E-state index >= 15 is 0 Å². The van der Waals surface area contributed by atoms with Crippen molar-refractivity contribution < 1.29 is 4.74 Å². The van der Waals surface area contributed by atoms with Crippen LogP contribution in [0.25, 0.3) is 82.4 Å². The summed E-state index contributed by atoms with van der Waals surface area (Å²) in [7, 11) is 0. The first-order valence-corrected chi connectivity index (χ1v) is 20.2. The van der Waals surface area contributed by atoms with Crippen LogP contribution in [0.15, 0.2) is 218 Å². The Bertz CT molecular complexity index is 3420. The quantitative estimate of drug-likeness (QED) is 0.157. The Labute approximate surface area is 342 Å². The lowest BCUT2D eigenvalue weighted by atomic mass is 9.94. The Kier molecular flexibility index (Phi) is 7.54. The summed E-state index contributed by atoms with van der Waals surface area (Å²) in [5.74, 6) is 1.75. The number of ether oxygens (including phenoxy) is 1. The molecular formula is C56H36N2O. The van der Waals surface area contributed by atoms with Crippen LogP contribution in [0.3, 0.4) is 0 Å². The van der Waals surface area contributed by atoms with Crippen LogP contribution in [0.4, 0.5) is 17.1 Å². The number of para-hydroxylation sites is 5. The van der Waals surface area contributed by atoms with E-state index in [0.717, 1.165) is 62.0 Å². The molecule has 0 atom stereocenters. The summed E-state index contributed by atoms with van der Waals surface area (Å²) < 4.78 is 8.80. The second kappa shape index (κ2) is 13.4. The van der Waals surface area contributed by atoms with Gasteiger partial charge >= 0.3 is 0 Å². The third-order valence-corrected chi connectivity index (χ3v) is 12.0. The van der Waals surface area contributed by atoms with Crippen LogP contribution in [0.1, 0.15) is 0 Å². The van der Waals surface area contributed by atoms with Crippen molar-refractivity contribution in [2.45, 2.75) is 0 Å². The van der Waals surface area contributed by atoms with Crippen LogP contribution in [0, 0.1) is 0 Å². The molecule has 0 aliphatic carbocycles. The number of aromatic nitrogens is 1. The predicted molar refractivity (Wildman–Crippen MR) is 247 cm³/mol. The largest absolute Gasteiger partial charge is 0.453 e. The molecule has 0 radical (unpaired) electrons. The highest BCUT2D eigenvalue weighted by molar-refractivity contribution is 6.14. The number of rotatable bonds is 6. The van der Waals surface area contributed by atoms with E-state index in [2.05, 4.69) is 216 Å². The fraction of sp³-hybridized carbons (Fsp3) is 0. The molecular weight excluding hydrogens is 717 g/mol. The molecule has 0 unspecified atom stereocenters. The normalized spacial score (nSPS) is 11.9. The minimum Gasteiger partial charge on any atom is -0.453 e. The van der Waals surface area contributed by atoms with E-state index in [0.29, 0.717) is 0 Å². The molecule has 1 aliphatic heterocycles. The van der Waals surface area contributed by atoms with Crippen molar-refractivity contribution in [3.8, 4) is 50.6 Å². The van der Waals surface area contributed by atoms with Crippen LogP contribution < -0.4 is 9.64 Å². The average Bonchev–Trinajstić information content (AvgIpc) is 3.65. The fourth-order valence-corrected chi connectivity index (χ4v) is 9.32. The highest BCUT2D eigenvalue weighted by Gasteiger charge is 2.25. The van der Waals surface area contributed by atoms with E-state index in [1.165, 1.54) is 49.0 Å². The van der Waals surface area contributed by atoms with Gasteiger partial charge in [0, 0.05) is 27.6 Å². The van der Waals surface area contributed by atoms with E-state index in [1.54, 1.807) is 0 Å². The van der Waals surface area contributed by atoms with Gasteiger partial charge in [-0.2, -0.15) is 0 Å². The van der Waals surface area contributed by atoms with Crippen LogP contribution in [0.5, 0.6) is 11.5 Å². The van der Waals surface area contributed by atoms with Gasteiger partial charge in [-0.05, 0) is 98.4 Å². The molecule has 0 bridgehead atoms. The molecule has 1 aliphatic rings. The molecule has 59 heavy (non-hydrogen) atoms. The van der Waals surface area contributed by atoms with Crippen molar-refractivity contribution in [2.24, 2.45) is 0 Å². The van der Waals surface area contributed by atoms with Gasteiger partial charge in [0.05, 0.1) is 28.1 Å². The van der Waals surface area contributed by atoms with E-state index in [9.17, 15) is 0 Å². The van der Waals surface area contributed by atoms with Crippen molar-refractivity contribution in [1.82, 2.24) is 4.57 Å². The second-order valence-electron chi connectivity index (χ2n) is 15.3. The van der Waals surface area contributed by atoms with Crippen molar-refractivity contribution >= 4 is 60.4 Å². The summed E-state index contributed by atoms with van der Waals surface area (Å²) in [6, 6.07) is 78.8. The smallest absolute Gasteiger partial charge is 0.152 e. The second-order valence-corrected chi connectivity index (χ2v) is 15.3. The molecule has 0 N–H and O–H groups in total. The van der Waals surface area contributed by atoms with Gasteiger partial charge in [-0.15, -0.1) is 0 Å². The number of anilines is 3. The van der Waals surface area contributed by atoms with Crippen LogP contribution in [-0.4, -0.2) is 4.57 Å². The van der Waals surface area contributed by atoms with Crippen molar-refractivity contribution in [3.63, 3.8) is 0 Å². The van der Waals surface area contributed by atoms with E-state index in [4.69, 9.17) is 4.74 Å². The fourth-order valence-electron chi connectivity index (χ4n) is 9.32. The van der Waals surface area contributed by atoms with Gasteiger partial charge in [0.1, 0.15) is 0 Å². The first-order chi connectivity index (χ1) is 29.3. The Morgan fingerprint density at radius 2 is 0.966 bits per heavy atom. The molecule has 276 valence electrons. The van der Waals surface area contributed by atoms with Crippen molar-refractivity contribution in [2.75, 3.05) is 4.90 Å². The Hall–Kier alpha value is -7.88. The first kappa shape index (κ1) is 33.3. The molecule has 0 amide bonds. The summed E-state index contributed by atoms with van der Waals surface area (Å²) in [5.41, 5.74) is 13.6. The Balaban J connectivity index is 1.04. The highest BCUT2D eigenvalue weighted by Crippen LogP contribution is 2.48. The number of fused-ring (bicyclic) bond motifs is 8. The molecule has 0 spiro atoms. The number of nitrogens with zero attached hydrogens (tertiary/aromatic N) is 2. The van der Waals surface area contributed by atoms with Gasteiger partial charge in [-0.1, -0.05) is 164 Å². The van der Waals surface area contributed by atoms with Crippen molar-refractivity contribution in [1.29, 1.82) is 0 Å². The zero-order valence-corrected chi connectivity index (χ0v) is 32.1. The van der Waals surface area contributed by atoms with Gasteiger partial charge in [-0.3, -0.25) is 0 Å². The third kappa shape index (κ3) is 5.29. The van der Waals surface area contributed by atoms with Gasteiger partial charge in [0.15, 0.2) is 11.5 Å².